The Bertz CT molecular complexity index is 761. The van der Waals surface area contributed by atoms with Crippen LogP contribution in [0.1, 0.15) is 47.7 Å². The number of rotatable bonds is 4. The molecule has 6 aliphatic carbocycles. The predicted octanol–water partition coefficient (Wildman–Crippen LogP) is 2.40. The first-order chi connectivity index (χ1) is 11.7. The summed E-state index contributed by atoms with van der Waals surface area (Å²) >= 11 is 0. The summed E-state index contributed by atoms with van der Waals surface area (Å²) in [5.74, 6) is 7.02. The van der Waals surface area contributed by atoms with Crippen molar-refractivity contribution in [2.24, 2.45) is 47.3 Å². The number of nitrogens with one attached hydrogen (secondary N) is 1. The molecule has 7 rings (SSSR count). The third-order valence-corrected chi connectivity index (χ3v) is 8.94. The smallest absolute Gasteiger partial charge is 0.254 e. The zero-order valence-corrected chi connectivity index (χ0v) is 13.7. The lowest BCUT2D eigenvalue weighted by atomic mass is 9.56. The Morgan fingerprint density at radius 1 is 1.17 bits per heavy atom. The van der Waals surface area contributed by atoms with E-state index in [1.54, 1.807) is 12.3 Å². The van der Waals surface area contributed by atoms with Gasteiger partial charge in [-0.05, 0) is 79.1 Å². The minimum atomic E-state index is -0.635. The third-order valence-electron chi connectivity index (χ3n) is 8.94. The topological polar surface area (TPSA) is 62.5 Å². The highest BCUT2D eigenvalue weighted by molar-refractivity contribution is 5.95. The molecular weight excluding hydrogens is 302 g/mol. The number of carbonyl (C=O) groups is 1. The van der Waals surface area contributed by atoms with E-state index in [0.29, 0.717) is 29.9 Å². The van der Waals surface area contributed by atoms with Gasteiger partial charge in [-0.1, -0.05) is 0 Å². The van der Waals surface area contributed by atoms with Crippen molar-refractivity contribution < 1.29 is 14.3 Å². The maximum atomic E-state index is 12.7. The van der Waals surface area contributed by atoms with Gasteiger partial charge in [-0.2, -0.15) is 0 Å². The van der Waals surface area contributed by atoms with Crippen LogP contribution in [0.15, 0.2) is 16.7 Å². The molecule has 0 unspecified atom stereocenters. The van der Waals surface area contributed by atoms with Crippen molar-refractivity contribution in [3.05, 3.63) is 23.7 Å². The zero-order valence-electron chi connectivity index (χ0n) is 13.7. The van der Waals surface area contributed by atoms with Gasteiger partial charge in [-0.15, -0.1) is 0 Å². The number of carbonyl (C=O) groups excluding carboxylic acids is 1. The fraction of sp³-hybridized carbons (Fsp3) is 0.750. The zero-order chi connectivity index (χ0) is 15.8. The molecule has 1 aromatic rings. The van der Waals surface area contributed by atoms with Crippen LogP contribution in [0.2, 0.25) is 0 Å². The molecule has 1 amide bonds. The second kappa shape index (κ2) is 3.77. The molecule has 2 N–H and O–H groups in total. The van der Waals surface area contributed by atoms with E-state index < -0.39 is 5.60 Å². The van der Waals surface area contributed by atoms with Crippen molar-refractivity contribution in [3.63, 3.8) is 0 Å². The van der Waals surface area contributed by atoms with E-state index >= 15 is 0 Å². The summed E-state index contributed by atoms with van der Waals surface area (Å²) in [6.07, 6.45) is 6.60. The van der Waals surface area contributed by atoms with Gasteiger partial charge in [0, 0.05) is 12.5 Å². The molecule has 0 spiro atoms. The molecule has 24 heavy (non-hydrogen) atoms. The van der Waals surface area contributed by atoms with Gasteiger partial charge >= 0.3 is 0 Å². The molecule has 6 fully saturated rings. The summed E-state index contributed by atoms with van der Waals surface area (Å²) in [6, 6.07) is 1.79. The Hall–Kier alpha value is -1.29. The Morgan fingerprint density at radius 3 is 2.79 bits per heavy atom. The standard InChI is InChI=1S/C20H23NO3/c22-19(9-3-4-24-18(9)8-1-2-8)21-7-20(23)16-11-6-12-14-10(11)5-13(16)15(14)17(12)20/h3-4,8,10-17,23H,1-2,5-7H2,(H,21,22)/t10-,11+,12+,13-,14-,15-,16+,17+,20-/m0/s1. The monoisotopic (exact) mass is 325 g/mol. The summed E-state index contributed by atoms with van der Waals surface area (Å²) in [5, 5.41) is 14.7. The van der Waals surface area contributed by atoms with Crippen LogP contribution in [0, 0.1) is 47.3 Å². The first kappa shape index (κ1) is 13.0. The average Bonchev–Trinajstić information content (AvgIpc) is 2.94. The lowest BCUT2D eigenvalue weighted by Gasteiger charge is -2.51. The van der Waals surface area contributed by atoms with Crippen LogP contribution in [0.4, 0.5) is 0 Å². The fourth-order valence-electron chi connectivity index (χ4n) is 8.45. The van der Waals surface area contributed by atoms with Crippen molar-refractivity contribution in [2.75, 3.05) is 6.54 Å². The van der Waals surface area contributed by atoms with Crippen molar-refractivity contribution >= 4 is 5.91 Å². The maximum absolute atomic E-state index is 12.7. The third kappa shape index (κ3) is 1.21. The SMILES string of the molecule is O=C(NC[C@]1(O)[C@@H]2[C@@H]3C[C@@H]4[C@@H]5[C@H]3C[C@H]2[C@@H]5[C@@H]41)c1ccoc1C1CC1. The van der Waals surface area contributed by atoms with Gasteiger partial charge in [0.2, 0.25) is 0 Å². The minimum absolute atomic E-state index is 0.0579. The molecule has 126 valence electrons. The number of aliphatic hydroxyl groups is 1. The Balaban J connectivity index is 1.16. The van der Waals surface area contributed by atoms with Gasteiger partial charge in [-0.25, -0.2) is 0 Å². The number of furan rings is 1. The Morgan fingerprint density at radius 2 is 1.96 bits per heavy atom. The number of hydrogen-bond acceptors (Lipinski definition) is 3. The van der Waals surface area contributed by atoms with Crippen LogP contribution in [0.3, 0.4) is 0 Å². The quantitative estimate of drug-likeness (QED) is 0.893. The predicted molar refractivity (Wildman–Crippen MR) is 85.1 cm³/mol. The van der Waals surface area contributed by atoms with E-state index in [2.05, 4.69) is 5.32 Å². The Kier molecular flexibility index (Phi) is 2.04. The molecule has 1 heterocycles. The van der Waals surface area contributed by atoms with Crippen LogP contribution in [0.5, 0.6) is 0 Å². The van der Waals surface area contributed by atoms with E-state index in [-0.39, 0.29) is 5.91 Å². The van der Waals surface area contributed by atoms with Crippen molar-refractivity contribution in [2.45, 2.75) is 37.2 Å². The lowest BCUT2D eigenvalue weighted by molar-refractivity contribution is -0.126. The van der Waals surface area contributed by atoms with E-state index in [1.165, 1.54) is 12.8 Å². The van der Waals surface area contributed by atoms with Gasteiger partial charge in [0.15, 0.2) is 0 Å². The molecule has 0 aliphatic heterocycles. The van der Waals surface area contributed by atoms with Gasteiger partial charge in [0.1, 0.15) is 5.76 Å². The van der Waals surface area contributed by atoms with Gasteiger partial charge < -0.3 is 14.8 Å². The van der Waals surface area contributed by atoms with Gasteiger partial charge in [0.25, 0.3) is 5.91 Å². The molecule has 0 saturated heterocycles. The van der Waals surface area contributed by atoms with E-state index in [1.807, 2.05) is 0 Å². The van der Waals surface area contributed by atoms with Crippen LogP contribution in [0.25, 0.3) is 0 Å². The van der Waals surface area contributed by atoms with Crippen LogP contribution >= 0.6 is 0 Å². The van der Waals surface area contributed by atoms with E-state index in [4.69, 9.17) is 4.42 Å². The molecule has 4 nitrogen and oxygen atoms in total. The highest BCUT2D eigenvalue weighted by atomic mass is 16.3. The molecule has 6 aliphatic rings. The second-order valence-electron chi connectivity index (χ2n) is 9.48. The molecule has 1 aromatic heterocycles. The van der Waals surface area contributed by atoms with Crippen molar-refractivity contribution in [1.82, 2.24) is 5.32 Å². The molecule has 6 saturated carbocycles. The number of amides is 1. The van der Waals surface area contributed by atoms with Crippen LogP contribution in [-0.2, 0) is 0 Å². The number of fused-ring (bicyclic) bond motifs is 2. The normalized spacial score (nSPS) is 54.5. The first-order valence-electron chi connectivity index (χ1n) is 9.76. The highest BCUT2D eigenvalue weighted by Crippen LogP contribution is 2.85. The molecule has 4 heteroatoms. The summed E-state index contributed by atoms with van der Waals surface area (Å²) in [7, 11) is 0. The molecule has 0 radical (unpaired) electrons. The van der Waals surface area contributed by atoms with Crippen molar-refractivity contribution in [3.8, 4) is 0 Å². The molecular formula is C20H23NO3. The molecule has 0 aromatic carbocycles. The summed E-state index contributed by atoms with van der Waals surface area (Å²) in [4.78, 5) is 12.7. The molecule has 2 bridgehead atoms. The Labute approximate surface area is 141 Å². The lowest BCUT2D eigenvalue weighted by Crippen LogP contribution is -2.59. The summed E-state index contributed by atoms with van der Waals surface area (Å²) in [6.45, 7) is 0.440. The average molecular weight is 325 g/mol. The van der Waals surface area contributed by atoms with Gasteiger partial charge in [-0.3, -0.25) is 4.79 Å². The fourth-order valence-corrected chi connectivity index (χ4v) is 8.45. The summed E-state index contributed by atoms with van der Waals surface area (Å²) < 4.78 is 5.53. The highest BCUT2D eigenvalue weighted by Gasteiger charge is 2.84. The maximum Gasteiger partial charge on any atom is 0.254 e. The minimum Gasteiger partial charge on any atom is -0.468 e. The van der Waals surface area contributed by atoms with Gasteiger partial charge in [0.05, 0.1) is 17.4 Å². The largest absolute Gasteiger partial charge is 0.468 e. The van der Waals surface area contributed by atoms with E-state index in [0.717, 1.165) is 54.1 Å². The second-order valence-corrected chi connectivity index (χ2v) is 9.48. The van der Waals surface area contributed by atoms with Crippen LogP contribution in [-0.4, -0.2) is 23.2 Å². The van der Waals surface area contributed by atoms with Crippen LogP contribution < -0.4 is 5.32 Å². The first-order valence-corrected chi connectivity index (χ1v) is 9.76. The molecule has 9 atom stereocenters. The van der Waals surface area contributed by atoms with E-state index in [9.17, 15) is 9.90 Å². The van der Waals surface area contributed by atoms with Crippen molar-refractivity contribution in [1.29, 1.82) is 0 Å². The summed E-state index contributed by atoms with van der Waals surface area (Å²) in [5.41, 5.74) is 0.0482. The number of hydrogen-bond donors (Lipinski definition) is 2.